The van der Waals surface area contributed by atoms with Gasteiger partial charge in [0.15, 0.2) is 6.61 Å². The number of anilines is 3. The Morgan fingerprint density at radius 3 is 2.34 bits per heavy atom. The van der Waals surface area contributed by atoms with Crippen LogP contribution in [0.4, 0.5) is 17.1 Å². The molecule has 180 valence electrons. The van der Waals surface area contributed by atoms with E-state index < -0.39 is 23.8 Å². The molecule has 2 N–H and O–H groups in total. The van der Waals surface area contributed by atoms with E-state index in [4.69, 9.17) is 21.1 Å². The summed E-state index contributed by atoms with van der Waals surface area (Å²) in [5.41, 5.74) is 1.54. The van der Waals surface area contributed by atoms with Gasteiger partial charge >= 0.3 is 0 Å². The second-order valence-electron chi connectivity index (χ2n) is 7.74. The van der Waals surface area contributed by atoms with E-state index >= 15 is 0 Å². The number of fused-ring (bicyclic) bond motifs is 1. The first-order valence-corrected chi connectivity index (χ1v) is 11.5. The normalized spacial score (nSPS) is 14.5. The summed E-state index contributed by atoms with van der Waals surface area (Å²) in [6, 6.07) is 19.4. The van der Waals surface area contributed by atoms with Crippen LogP contribution in [0.5, 0.6) is 11.5 Å². The molecule has 9 heteroatoms. The molecule has 3 amide bonds. The Morgan fingerprint density at radius 2 is 1.63 bits per heavy atom. The fourth-order valence-corrected chi connectivity index (χ4v) is 3.84. The Bertz CT molecular complexity index is 1210. The lowest BCUT2D eigenvalue weighted by Gasteiger charge is -2.36. The van der Waals surface area contributed by atoms with Crippen molar-refractivity contribution in [3.05, 3.63) is 77.8 Å². The van der Waals surface area contributed by atoms with Crippen LogP contribution in [-0.4, -0.2) is 37.0 Å². The molecule has 1 aliphatic heterocycles. The van der Waals surface area contributed by atoms with Gasteiger partial charge in [-0.3, -0.25) is 19.3 Å². The molecule has 1 atom stereocenters. The van der Waals surface area contributed by atoms with Crippen LogP contribution in [0.2, 0.25) is 5.02 Å². The number of carbonyl (C=O) groups excluding carboxylic acids is 3. The minimum atomic E-state index is -1.05. The predicted octanol–water partition coefficient (Wildman–Crippen LogP) is 4.50. The van der Waals surface area contributed by atoms with Crippen molar-refractivity contribution in [2.24, 2.45) is 0 Å². The van der Waals surface area contributed by atoms with Crippen LogP contribution in [0.25, 0.3) is 0 Å². The molecule has 0 bridgehead atoms. The third kappa shape index (κ3) is 5.91. The highest BCUT2D eigenvalue weighted by atomic mass is 35.5. The largest absolute Gasteiger partial charge is 0.494 e. The van der Waals surface area contributed by atoms with Gasteiger partial charge in [-0.2, -0.15) is 0 Å². The Hall–Kier alpha value is -4.04. The second kappa shape index (κ2) is 10.9. The average Bonchev–Trinajstić information content (AvgIpc) is 2.85. The van der Waals surface area contributed by atoms with Gasteiger partial charge in [0.2, 0.25) is 11.8 Å². The summed E-state index contributed by atoms with van der Waals surface area (Å²) in [6.07, 6.45) is -0.236. The van der Waals surface area contributed by atoms with Crippen LogP contribution in [0.1, 0.15) is 13.3 Å². The summed E-state index contributed by atoms with van der Waals surface area (Å²) in [7, 11) is 0. The van der Waals surface area contributed by atoms with Crippen molar-refractivity contribution in [3.63, 3.8) is 0 Å². The lowest BCUT2D eigenvalue weighted by Crippen LogP contribution is -2.53. The molecule has 3 aromatic rings. The lowest BCUT2D eigenvalue weighted by atomic mass is 10.0. The Labute approximate surface area is 207 Å². The van der Waals surface area contributed by atoms with Crippen LogP contribution in [-0.2, 0) is 14.4 Å². The van der Waals surface area contributed by atoms with Crippen LogP contribution < -0.4 is 25.0 Å². The molecule has 35 heavy (non-hydrogen) atoms. The van der Waals surface area contributed by atoms with Crippen molar-refractivity contribution in [2.75, 3.05) is 28.7 Å². The summed E-state index contributed by atoms with van der Waals surface area (Å²) in [4.78, 5) is 40.3. The minimum absolute atomic E-state index is 0.236. The molecule has 0 aromatic heterocycles. The Kier molecular flexibility index (Phi) is 7.52. The number of para-hydroxylation sites is 2. The van der Waals surface area contributed by atoms with Crippen molar-refractivity contribution in [3.8, 4) is 11.5 Å². The molecule has 0 saturated carbocycles. The van der Waals surface area contributed by atoms with Gasteiger partial charge in [-0.05, 0) is 67.6 Å². The molecule has 1 heterocycles. The van der Waals surface area contributed by atoms with Gasteiger partial charge < -0.3 is 20.1 Å². The highest BCUT2D eigenvalue weighted by Gasteiger charge is 2.38. The van der Waals surface area contributed by atoms with E-state index in [1.165, 1.54) is 4.90 Å². The van der Waals surface area contributed by atoms with E-state index in [9.17, 15) is 14.4 Å². The Balaban J connectivity index is 1.50. The zero-order chi connectivity index (χ0) is 24.8. The molecular formula is C26H24ClN3O5. The lowest BCUT2D eigenvalue weighted by molar-refractivity contribution is -0.127. The topological polar surface area (TPSA) is 97.0 Å². The molecule has 1 aliphatic rings. The van der Waals surface area contributed by atoms with Gasteiger partial charge in [-0.25, -0.2) is 0 Å². The number of amides is 3. The van der Waals surface area contributed by atoms with Crippen molar-refractivity contribution < 1.29 is 23.9 Å². The molecule has 0 fully saturated rings. The van der Waals surface area contributed by atoms with E-state index in [2.05, 4.69) is 10.6 Å². The van der Waals surface area contributed by atoms with Gasteiger partial charge in [0.25, 0.3) is 5.91 Å². The highest BCUT2D eigenvalue weighted by Crippen LogP contribution is 2.33. The minimum Gasteiger partial charge on any atom is -0.494 e. The SMILES string of the molecule is CCOc1ccc(NC(=O)C[C@@H]2C(=O)Nc3ccccc3N2C(=O)COc2ccc(Cl)cc2)cc1. The molecule has 8 nitrogen and oxygen atoms in total. The maximum atomic E-state index is 13.2. The maximum absolute atomic E-state index is 13.2. The van der Waals surface area contributed by atoms with Gasteiger partial charge in [0.05, 0.1) is 24.4 Å². The van der Waals surface area contributed by atoms with Gasteiger partial charge in [0.1, 0.15) is 17.5 Å². The smallest absolute Gasteiger partial charge is 0.265 e. The number of ether oxygens (including phenoxy) is 2. The second-order valence-corrected chi connectivity index (χ2v) is 8.17. The number of carbonyl (C=O) groups is 3. The van der Waals surface area contributed by atoms with Gasteiger partial charge in [-0.15, -0.1) is 0 Å². The summed E-state index contributed by atoms with van der Waals surface area (Å²) in [5.74, 6) is -0.176. The van der Waals surface area contributed by atoms with Crippen molar-refractivity contribution in [1.82, 2.24) is 0 Å². The van der Waals surface area contributed by atoms with E-state index in [1.807, 2.05) is 6.92 Å². The molecule has 4 rings (SSSR count). The number of halogens is 1. The zero-order valence-corrected chi connectivity index (χ0v) is 19.7. The summed E-state index contributed by atoms with van der Waals surface area (Å²) in [6.45, 7) is 2.10. The third-order valence-corrected chi connectivity index (χ3v) is 5.56. The standard InChI is InChI=1S/C26H24ClN3O5/c1-2-34-19-13-9-18(10-14-19)28-24(31)15-23-26(33)29-21-5-3-4-6-22(21)30(23)25(32)16-35-20-11-7-17(27)8-12-20/h3-14,23H,2,15-16H2,1H3,(H,28,31)(H,29,33)/t23-/m1/s1. The number of nitrogens with zero attached hydrogens (tertiary/aromatic N) is 1. The summed E-state index contributed by atoms with van der Waals surface area (Å²) < 4.78 is 11.0. The quantitative estimate of drug-likeness (QED) is 0.481. The molecule has 0 spiro atoms. The number of hydrogen-bond acceptors (Lipinski definition) is 5. The molecule has 0 aliphatic carbocycles. The first kappa shape index (κ1) is 24.1. The third-order valence-electron chi connectivity index (χ3n) is 5.31. The van der Waals surface area contributed by atoms with Crippen LogP contribution in [0.3, 0.4) is 0 Å². The average molecular weight is 494 g/mol. The van der Waals surface area contributed by atoms with Gasteiger partial charge in [-0.1, -0.05) is 23.7 Å². The van der Waals surface area contributed by atoms with E-state index in [-0.39, 0.29) is 13.0 Å². The first-order chi connectivity index (χ1) is 16.9. The molecule has 0 radical (unpaired) electrons. The van der Waals surface area contributed by atoms with Crippen molar-refractivity contribution in [1.29, 1.82) is 0 Å². The van der Waals surface area contributed by atoms with E-state index in [1.54, 1.807) is 72.8 Å². The number of nitrogens with one attached hydrogen (secondary N) is 2. The fraction of sp³-hybridized carbons (Fsp3) is 0.192. The van der Waals surface area contributed by atoms with Crippen LogP contribution >= 0.6 is 11.6 Å². The number of benzene rings is 3. The summed E-state index contributed by atoms with van der Waals surface area (Å²) >= 11 is 5.90. The Morgan fingerprint density at radius 1 is 0.971 bits per heavy atom. The van der Waals surface area contributed by atoms with Gasteiger partial charge in [0, 0.05) is 10.7 Å². The van der Waals surface area contributed by atoms with Crippen LogP contribution in [0, 0.1) is 0 Å². The first-order valence-electron chi connectivity index (χ1n) is 11.1. The summed E-state index contributed by atoms with van der Waals surface area (Å²) in [5, 5.41) is 6.10. The monoisotopic (exact) mass is 493 g/mol. The molecule has 3 aromatic carbocycles. The predicted molar refractivity (Wildman–Crippen MR) is 134 cm³/mol. The molecule has 0 saturated heterocycles. The van der Waals surface area contributed by atoms with E-state index in [0.717, 1.165) is 0 Å². The van der Waals surface area contributed by atoms with Crippen molar-refractivity contribution >= 4 is 46.4 Å². The maximum Gasteiger partial charge on any atom is 0.265 e. The number of rotatable bonds is 8. The highest BCUT2D eigenvalue weighted by molar-refractivity contribution is 6.30. The molecule has 0 unspecified atom stereocenters. The number of hydrogen-bond donors (Lipinski definition) is 2. The molecular weight excluding hydrogens is 470 g/mol. The van der Waals surface area contributed by atoms with Crippen LogP contribution in [0.15, 0.2) is 72.8 Å². The fourth-order valence-electron chi connectivity index (χ4n) is 3.72. The van der Waals surface area contributed by atoms with Crippen molar-refractivity contribution in [2.45, 2.75) is 19.4 Å². The zero-order valence-electron chi connectivity index (χ0n) is 19.0. The van der Waals surface area contributed by atoms with E-state index in [0.29, 0.717) is 40.2 Å².